The minimum absolute atomic E-state index is 0.0790. The first-order valence-electron chi connectivity index (χ1n) is 9.76. The Morgan fingerprint density at radius 3 is 2.21 bits per heavy atom. The van der Waals surface area contributed by atoms with E-state index in [0.717, 1.165) is 19.3 Å². The van der Waals surface area contributed by atoms with Gasteiger partial charge in [-0.2, -0.15) is 0 Å². The molecule has 1 heterocycles. The number of aliphatic hydroxyl groups is 1. The molecule has 0 unspecified atom stereocenters. The van der Waals surface area contributed by atoms with Crippen LogP contribution >= 0.6 is 0 Å². The molecule has 0 amide bonds. The van der Waals surface area contributed by atoms with Gasteiger partial charge in [-0.15, -0.1) is 6.58 Å². The highest BCUT2D eigenvalue weighted by atomic mass is 16.6. The van der Waals surface area contributed by atoms with Gasteiger partial charge in [-0.3, -0.25) is 0 Å². The first-order valence-corrected chi connectivity index (χ1v) is 9.76. The molecule has 0 aromatic carbocycles. The zero-order valence-corrected chi connectivity index (χ0v) is 17.1. The molecular formula is C22H38O2. The number of rotatable bonds is 3. The van der Waals surface area contributed by atoms with Gasteiger partial charge in [-0.1, -0.05) is 54.0 Å². The van der Waals surface area contributed by atoms with Crippen molar-refractivity contribution in [2.75, 3.05) is 0 Å². The topological polar surface area (TPSA) is 29.5 Å². The van der Waals surface area contributed by atoms with Crippen LogP contribution in [0.3, 0.4) is 0 Å². The van der Waals surface area contributed by atoms with Crippen molar-refractivity contribution in [3.63, 3.8) is 0 Å². The maximum absolute atomic E-state index is 11.6. The van der Waals surface area contributed by atoms with Gasteiger partial charge in [0, 0.05) is 12.3 Å². The number of fused-ring (bicyclic) bond motifs is 3. The highest BCUT2D eigenvalue weighted by Crippen LogP contribution is 2.82. The van der Waals surface area contributed by atoms with Gasteiger partial charge in [-0.25, -0.2) is 0 Å². The SMILES string of the molecule is C=C(C)CC[C@H]1O[C@@]2(O)C[C@@]3(C)C(C)(C)CC(C)(C)[C@]3(C)[C@H]2[C@@H]1C. The number of ether oxygens (including phenoxy) is 1. The third kappa shape index (κ3) is 1.96. The van der Waals surface area contributed by atoms with Crippen LogP contribution in [0, 0.1) is 33.5 Å². The normalized spacial score (nSPS) is 51.5. The van der Waals surface area contributed by atoms with Crippen molar-refractivity contribution in [3.05, 3.63) is 12.2 Å². The molecule has 3 rings (SSSR count). The lowest BCUT2D eigenvalue weighted by Gasteiger charge is -2.50. The van der Waals surface area contributed by atoms with E-state index >= 15 is 0 Å². The van der Waals surface area contributed by atoms with Crippen molar-refractivity contribution in [2.45, 2.75) is 93.0 Å². The van der Waals surface area contributed by atoms with Crippen LogP contribution in [0.4, 0.5) is 0 Å². The Hall–Kier alpha value is -0.340. The van der Waals surface area contributed by atoms with Crippen LogP contribution in [-0.4, -0.2) is 17.0 Å². The molecule has 2 nitrogen and oxygen atoms in total. The predicted octanol–water partition coefficient (Wildman–Crippen LogP) is 5.55. The van der Waals surface area contributed by atoms with E-state index in [2.05, 4.69) is 62.0 Å². The van der Waals surface area contributed by atoms with Crippen LogP contribution in [0.5, 0.6) is 0 Å². The Morgan fingerprint density at radius 2 is 1.67 bits per heavy atom. The van der Waals surface area contributed by atoms with Gasteiger partial charge < -0.3 is 9.84 Å². The van der Waals surface area contributed by atoms with Gasteiger partial charge >= 0.3 is 0 Å². The van der Waals surface area contributed by atoms with Crippen LogP contribution in [0.1, 0.15) is 81.1 Å². The Balaban J connectivity index is 2.02. The van der Waals surface area contributed by atoms with E-state index in [1.807, 2.05) is 0 Å². The first kappa shape index (κ1) is 18.5. The van der Waals surface area contributed by atoms with Crippen LogP contribution in [0.25, 0.3) is 0 Å². The Morgan fingerprint density at radius 1 is 1.08 bits per heavy atom. The molecule has 24 heavy (non-hydrogen) atoms. The molecule has 2 heteroatoms. The van der Waals surface area contributed by atoms with E-state index in [1.54, 1.807) is 0 Å². The molecule has 0 aromatic rings. The van der Waals surface area contributed by atoms with Crippen molar-refractivity contribution in [2.24, 2.45) is 33.5 Å². The fraction of sp³-hybridized carbons (Fsp3) is 0.909. The molecular weight excluding hydrogens is 296 g/mol. The monoisotopic (exact) mass is 334 g/mol. The summed E-state index contributed by atoms with van der Waals surface area (Å²) in [5.74, 6) is -0.367. The number of hydrogen-bond donors (Lipinski definition) is 1. The van der Waals surface area contributed by atoms with Crippen molar-refractivity contribution >= 4 is 0 Å². The van der Waals surface area contributed by atoms with Gasteiger partial charge in [-0.05, 0) is 53.8 Å². The van der Waals surface area contributed by atoms with Gasteiger partial charge in [0.1, 0.15) is 0 Å². The van der Waals surface area contributed by atoms with Crippen LogP contribution in [0.15, 0.2) is 12.2 Å². The fourth-order valence-corrected chi connectivity index (χ4v) is 7.53. The van der Waals surface area contributed by atoms with Crippen molar-refractivity contribution < 1.29 is 9.84 Å². The average molecular weight is 335 g/mol. The van der Waals surface area contributed by atoms with Gasteiger partial charge in [0.15, 0.2) is 5.79 Å². The highest BCUT2D eigenvalue weighted by Gasteiger charge is 2.80. The lowest BCUT2D eigenvalue weighted by Crippen LogP contribution is -2.47. The molecule has 3 fully saturated rings. The maximum atomic E-state index is 11.6. The van der Waals surface area contributed by atoms with Crippen molar-refractivity contribution in [1.82, 2.24) is 0 Å². The minimum Gasteiger partial charge on any atom is -0.365 e. The minimum atomic E-state index is -0.961. The molecule has 0 spiro atoms. The van der Waals surface area contributed by atoms with Crippen LogP contribution in [-0.2, 0) is 4.74 Å². The Labute approximate surface area is 149 Å². The molecule has 1 N–H and O–H groups in total. The van der Waals surface area contributed by atoms with Gasteiger partial charge in [0.05, 0.1) is 6.10 Å². The third-order valence-electron chi connectivity index (χ3n) is 8.97. The summed E-state index contributed by atoms with van der Waals surface area (Å²) in [4.78, 5) is 0. The summed E-state index contributed by atoms with van der Waals surface area (Å²) in [6.07, 6.45) is 4.10. The second kappa shape index (κ2) is 4.88. The largest absolute Gasteiger partial charge is 0.365 e. The summed E-state index contributed by atoms with van der Waals surface area (Å²) < 4.78 is 6.40. The van der Waals surface area contributed by atoms with E-state index in [1.165, 1.54) is 12.0 Å². The number of hydrogen-bond acceptors (Lipinski definition) is 2. The molecule has 6 atom stereocenters. The van der Waals surface area contributed by atoms with E-state index in [-0.39, 0.29) is 33.7 Å². The smallest absolute Gasteiger partial charge is 0.170 e. The zero-order chi connectivity index (χ0) is 18.3. The zero-order valence-electron chi connectivity index (χ0n) is 17.1. The summed E-state index contributed by atoms with van der Waals surface area (Å²) >= 11 is 0. The lowest BCUT2D eigenvalue weighted by molar-refractivity contribution is -0.215. The molecule has 2 saturated carbocycles. The molecule has 2 aliphatic carbocycles. The summed E-state index contributed by atoms with van der Waals surface area (Å²) in [7, 11) is 0. The standard InChI is InChI=1S/C22H38O2/c1-14(2)10-11-16-15(3)17-21(9)19(6,7)12-18(4,5)20(21,8)13-22(17,23)24-16/h15-17,23H,1,10-13H2,2-9H3/t15-,16-,17-,20+,21+,22+/m1/s1. The van der Waals surface area contributed by atoms with E-state index < -0.39 is 5.79 Å². The fourth-order valence-electron chi connectivity index (χ4n) is 7.53. The van der Waals surface area contributed by atoms with E-state index in [9.17, 15) is 5.11 Å². The predicted molar refractivity (Wildman–Crippen MR) is 99.5 cm³/mol. The summed E-state index contributed by atoms with van der Waals surface area (Å²) in [6.45, 7) is 22.9. The van der Waals surface area contributed by atoms with Crippen molar-refractivity contribution in [3.8, 4) is 0 Å². The lowest BCUT2D eigenvalue weighted by atomic mass is 9.53. The van der Waals surface area contributed by atoms with Gasteiger partial charge in [0.2, 0.25) is 0 Å². The van der Waals surface area contributed by atoms with Crippen molar-refractivity contribution in [1.29, 1.82) is 0 Å². The molecule has 0 bridgehead atoms. The van der Waals surface area contributed by atoms with Gasteiger partial charge in [0.25, 0.3) is 0 Å². The van der Waals surface area contributed by atoms with E-state index in [0.29, 0.717) is 5.92 Å². The summed E-state index contributed by atoms with van der Waals surface area (Å²) in [6, 6.07) is 0. The Kier molecular flexibility index (Phi) is 3.75. The van der Waals surface area contributed by atoms with E-state index in [4.69, 9.17) is 4.74 Å². The second-order valence-electron chi connectivity index (χ2n) is 11.0. The summed E-state index contributed by atoms with van der Waals surface area (Å²) in [5, 5.41) is 11.6. The first-order chi connectivity index (χ1) is 10.7. The average Bonchev–Trinajstić information content (AvgIpc) is 2.78. The second-order valence-corrected chi connectivity index (χ2v) is 11.0. The molecule has 3 aliphatic rings. The van der Waals surface area contributed by atoms with Crippen LogP contribution < -0.4 is 0 Å². The third-order valence-corrected chi connectivity index (χ3v) is 8.97. The highest BCUT2D eigenvalue weighted by molar-refractivity contribution is 5.26. The Bertz CT molecular complexity index is 562. The molecule has 0 aromatic heterocycles. The number of allylic oxidation sites excluding steroid dienone is 1. The molecule has 138 valence electrons. The maximum Gasteiger partial charge on any atom is 0.170 e. The molecule has 0 radical (unpaired) electrons. The summed E-state index contributed by atoms with van der Waals surface area (Å²) in [5.41, 5.74) is 1.78. The molecule has 1 saturated heterocycles. The molecule has 1 aliphatic heterocycles. The van der Waals surface area contributed by atoms with Crippen LogP contribution in [0.2, 0.25) is 0 Å². The quantitative estimate of drug-likeness (QED) is 0.685.